The summed E-state index contributed by atoms with van der Waals surface area (Å²) in [5.74, 6) is 1.24. The van der Waals surface area contributed by atoms with Gasteiger partial charge in [-0.25, -0.2) is 0 Å². The zero-order valence-electron chi connectivity index (χ0n) is 12.2. The van der Waals surface area contributed by atoms with Crippen molar-refractivity contribution in [3.63, 3.8) is 0 Å². The lowest BCUT2D eigenvalue weighted by Gasteiger charge is -2.22. The Morgan fingerprint density at radius 1 is 1.33 bits per heavy atom. The van der Waals surface area contributed by atoms with Crippen molar-refractivity contribution in [2.45, 2.75) is 33.1 Å². The standard InChI is InChI=1S/C15H19BrClN3O/c1-15(2,7-8-18)6-5-13-19-14(20-21-13)10-3-4-12(17)11(16)9-10/h3-4,9H,5-8,18H2,1-2H3. The molecule has 0 atom stereocenters. The third-order valence-corrected chi connectivity index (χ3v) is 4.70. The first-order valence-electron chi connectivity index (χ1n) is 6.89. The van der Waals surface area contributed by atoms with E-state index in [1.54, 1.807) is 6.07 Å². The molecule has 1 aromatic heterocycles. The summed E-state index contributed by atoms with van der Waals surface area (Å²) in [6.07, 6.45) is 2.71. The zero-order chi connectivity index (χ0) is 15.5. The van der Waals surface area contributed by atoms with Crippen molar-refractivity contribution in [3.05, 3.63) is 33.6 Å². The monoisotopic (exact) mass is 371 g/mol. The molecule has 2 aromatic rings. The number of rotatable bonds is 6. The number of hydrogen-bond donors (Lipinski definition) is 1. The van der Waals surface area contributed by atoms with Gasteiger partial charge in [-0.2, -0.15) is 4.98 Å². The molecule has 6 heteroatoms. The van der Waals surface area contributed by atoms with E-state index in [4.69, 9.17) is 21.9 Å². The van der Waals surface area contributed by atoms with Gasteiger partial charge < -0.3 is 10.3 Å². The van der Waals surface area contributed by atoms with Crippen LogP contribution in [0.1, 0.15) is 32.6 Å². The van der Waals surface area contributed by atoms with Crippen molar-refractivity contribution < 1.29 is 4.52 Å². The summed E-state index contributed by atoms with van der Waals surface area (Å²) >= 11 is 9.38. The van der Waals surface area contributed by atoms with Gasteiger partial charge in [0.2, 0.25) is 11.7 Å². The Balaban J connectivity index is 2.06. The van der Waals surface area contributed by atoms with E-state index < -0.39 is 0 Å². The lowest BCUT2D eigenvalue weighted by molar-refractivity contribution is 0.289. The predicted octanol–water partition coefficient (Wildman–Crippen LogP) is 4.46. The molecule has 2 rings (SSSR count). The third-order valence-electron chi connectivity index (χ3n) is 3.48. The minimum absolute atomic E-state index is 0.187. The molecule has 114 valence electrons. The summed E-state index contributed by atoms with van der Waals surface area (Å²) in [6.45, 7) is 5.10. The van der Waals surface area contributed by atoms with E-state index in [0.29, 0.717) is 23.3 Å². The van der Waals surface area contributed by atoms with Crippen molar-refractivity contribution in [1.29, 1.82) is 0 Å². The van der Waals surface area contributed by atoms with Gasteiger partial charge in [-0.15, -0.1) is 0 Å². The molecule has 0 aliphatic heterocycles. The molecule has 0 spiro atoms. The average molecular weight is 373 g/mol. The Morgan fingerprint density at radius 3 is 2.76 bits per heavy atom. The molecule has 0 fully saturated rings. The highest BCUT2D eigenvalue weighted by atomic mass is 79.9. The van der Waals surface area contributed by atoms with Crippen molar-refractivity contribution in [2.24, 2.45) is 11.1 Å². The van der Waals surface area contributed by atoms with Crippen LogP contribution in [0.3, 0.4) is 0 Å². The molecule has 0 aliphatic rings. The van der Waals surface area contributed by atoms with E-state index in [-0.39, 0.29) is 5.41 Å². The van der Waals surface area contributed by atoms with Crippen LogP contribution < -0.4 is 5.73 Å². The fraction of sp³-hybridized carbons (Fsp3) is 0.467. The second-order valence-corrected chi connectivity index (χ2v) is 7.11. The van der Waals surface area contributed by atoms with Crippen LogP contribution in [-0.2, 0) is 6.42 Å². The zero-order valence-corrected chi connectivity index (χ0v) is 14.5. The van der Waals surface area contributed by atoms with Gasteiger partial charge in [0.25, 0.3) is 0 Å². The summed E-state index contributed by atoms with van der Waals surface area (Å²) in [5.41, 5.74) is 6.69. The largest absolute Gasteiger partial charge is 0.339 e. The topological polar surface area (TPSA) is 64.9 Å². The molecule has 0 saturated heterocycles. The molecule has 1 aromatic carbocycles. The van der Waals surface area contributed by atoms with Crippen LogP contribution in [0.5, 0.6) is 0 Å². The van der Waals surface area contributed by atoms with E-state index in [9.17, 15) is 0 Å². The fourth-order valence-corrected chi connectivity index (χ4v) is 2.57. The predicted molar refractivity (Wildman–Crippen MR) is 88.2 cm³/mol. The molecule has 0 aliphatic carbocycles. The lowest BCUT2D eigenvalue weighted by Crippen LogP contribution is -2.17. The average Bonchev–Trinajstić information content (AvgIpc) is 2.89. The van der Waals surface area contributed by atoms with Gasteiger partial charge >= 0.3 is 0 Å². The summed E-state index contributed by atoms with van der Waals surface area (Å²) in [5, 5.41) is 4.69. The van der Waals surface area contributed by atoms with Gasteiger partial charge in [-0.1, -0.05) is 30.6 Å². The number of benzene rings is 1. The van der Waals surface area contributed by atoms with Gasteiger partial charge in [-0.3, -0.25) is 0 Å². The molecular weight excluding hydrogens is 354 g/mol. The lowest BCUT2D eigenvalue weighted by atomic mass is 9.84. The van der Waals surface area contributed by atoms with Gasteiger partial charge in [0.05, 0.1) is 5.02 Å². The Morgan fingerprint density at radius 2 is 2.10 bits per heavy atom. The first kappa shape index (κ1) is 16.5. The van der Waals surface area contributed by atoms with Crippen molar-refractivity contribution >= 4 is 27.5 Å². The van der Waals surface area contributed by atoms with Crippen LogP contribution in [0.4, 0.5) is 0 Å². The molecule has 0 amide bonds. The van der Waals surface area contributed by atoms with Gasteiger partial charge in [0, 0.05) is 16.5 Å². The quantitative estimate of drug-likeness (QED) is 0.813. The van der Waals surface area contributed by atoms with Gasteiger partial charge in [-0.05, 0) is 58.9 Å². The molecule has 4 nitrogen and oxygen atoms in total. The number of nitrogens with zero attached hydrogens (tertiary/aromatic N) is 2. The molecule has 0 bridgehead atoms. The van der Waals surface area contributed by atoms with Crippen LogP contribution in [0.15, 0.2) is 27.2 Å². The summed E-state index contributed by atoms with van der Waals surface area (Å²) in [7, 11) is 0. The van der Waals surface area contributed by atoms with Crippen LogP contribution in [0.25, 0.3) is 11.4 Å². The molecular formula is C15H19BrClN3O. The van der Waals surface area contributed by atoms with Crippen LogP contribution in [0.2, 0.25) is 5.02 Å². The van der Waals surface area contributed by atoms with Crippen LogP contribution in [0, 0.1) is 5.41 Å². The Hall–Kier alpha value is -0.910. The minimum atomic E-state index is 0.187. The van der Waals surface area contributed by atoms with E-state index in [2.05, 4.69) is 39.9 Å². The smallest absolute Gasteiger partial charge is 0.226 e. The fourth-order valence-electron chi connectivity index (χ4n) is 2.07. The Kier molecular flexibility index (Phi) is 5.41. The Labute approximate surface area is 138 Å². The van der Waals surface area contributed by atoms with Crippen molar-refractivity contribution in [3.8, 4) is 11.4 Å². The highest BCUT2D eigenvalue weighted by molar-refractivity contribution is 9.10. The first-order chi connectivity index (χ1) is 9.91. The van der Waals surface area contributed by atoms with Gasteiger partial charge in [0.1, 0.15) is 0 Å². The maximum Gasteiger partial charge on any atom is 0.226 e. The molecule has 1 heterocycles. The number of halogens is 2. The minimum Gasteiger partial charge on any atom is -0.339 e. The van der Waals surface area contributed by atoms with Gasteiger partial charge in [0.15, 0.2) is 0 Å². The van der Waals surface area contributed by atoms with E-state index in [1.807, 2.05) is 12.1 Å². The Bertz CT molecular complexity index is 613. The van der Waals surface area contributed by atoms with E-state index >= 15 is 0 Å². The third kappa shape index (κ3) is 4.53. The number of hydrogen-bond acceptors (Lipinski definition) is 4. The number of aromatic nitrogens is 2. The maximum absolute atomic E-state index is 5.98. The first-order valence-corrected chi connectivity index (χ1v) is 8.06. The van der Waals surface area contributed by atoms with Crippen molar-refractivity contribution in [2.75, 3.05) is 6.54 Å². The molecule has 0 radical (unpaired) electrons. The summed E-state index contributed by atoms with van der Waals surface area (Å²) in [6, 6.07) is 5.57. The maximum atomic E-state index is 5.98. The summed E-state index contributed by atoms with van der Waals surface area (Å²) < 4.78 is 6.14. The normalized spacial score (nSPS) is 11.9. The highest BCUT2D eigenvalue weighted by Crippen LogP contribution is 2.29. The number of aryl methyl sites for hydroxylation is 1. The number of nitrogens with two attached hydrogens (primary N) is 1. The second kappa shape index (κ2) is 6.90. The van der Waals surface area contributed by atoms with Crippen molar-refractivity contribution in [1.82, 2.24) is 10.1 Å². The SMILES string of the molecule is CC(C)(CCN)CCc1nc(-c2ccc(Cl)c(Br)c2)no1. The van der Waals surface area contributed by atoms with Crippen LogP contribution >= 0.6 is 27.5 Å². The van der Waals surface area contributed by atoms with E-state index in [0.717, 1.165) is 29.3 Å². The van der Waals surface area contributed by atoms with Crippen LogP contribution in [-0.4, -0.2) is 16.7 Å². The molecule has 2 N–H and O–H groups in total. The molecule has 0 unspecified atom stereocenters. The molecule has 21 heavy (non-hydrogen) atoms. The summed E-state index contributed by atoms with van der Waals surface area (Å²) in [4.78, 5) is 4.44. The highest BCUT2D eigenvalue weighted by Gasteiger charge is 2.19. The van der Waals surface area contributed by atoms with E-state index in [1.165, 1.54) is 0 Å². The second-order valence-electron chi connectivity index (χ2n) is 5.84. The molecule has 0 saturated carbocycles.